The number of aryl methyl sites for hydroxylation is 1. The highest BCUT2D eigenvalue weighted by atomic mass is 16.5. The summed E-state index contributed by atoms with van der Waals surface area (Å²) in [6, 6.07) is 16.9. The van der Waals surface area contributed by atoms with Gasteiger partial charge in [-0.2, -0.15) is 0 Å². The van der Waals surface area contributed by atoms with Crippen LogP contribution in [0.1, 0.15) is 81.9 Å². The molecule has 0 fully saturated rings. The van der Waals surface area contributed by atoms with Crippen molar-refractivity contribution in [3.63, 3.8) is 0 Å². The lowest BCUT2D eigenvalue weighted by atomic mass is 10.1. The molecule has 2 heteroatoms. The van der Waals surface area contributed by atoms with E-state index in [1.165, 1.54) is 56.1 Å². The van der Waals surface area contributed by atoms with Gasteiger partial charge in [0.15, 0.2) is 0 Å². The van der Waals surface area contributed by atoms with Crippen LogP contribution in [-0.4, -0.2) is 19.4 Å². The molecule has 2 aromatic carbocycles. The van der Waals surface area contributed by atoms with Crippen LogP contribution < -0.4 is 4.74 Å². The number of unbranched alkanes of at least 4 members (excludes halogenated alkanes) is 7. The third kappa shape index (κ3) is 10.4. The standard InChI is InChI=1S/C28H39NO/c1-3-5-6-7-8-9-10-11-23-30-28-20-18-27(19-21-28)24-29-22-12-13-26-16-14-25(4-2)15-17-26/h12-21,24H,3-11,22-23H2,1-2H3/b13-12+,29-24?. The molecular formula is C28H39NO. The van der Waals surface area contributed by atoms with Gasteiger partial charge in [-0.15, -0.1) is 0 Å². The molecule has 0 aromatic heterocycles. The lowest BCUT2D eigenvalue weighted by Crippen LogP contribution is -1.97. The van der Waals surface area contributed by atoms with Crippen LogP contribution in [0.5, 0.6) is 5.75 Å². The maximum absolute atomic E-state index is 5.86. The lowest BCUT2D eigenvalue weighted by Gasteiger charge is -2.06. The molecule has 0 aliphatic carbocycles. The average molecular weight is 406 g/mol. The van der Waals surface area contributed by atoms with Crippen LogP contribution >= 0.6 is 0 Å². The summed E-state index contributed by atoms with van der Waals surface area (Å²) in [5.74, 6) is 0.950. The second-order valence-corrected chi connectivity index (χ2v) is 7.88. The highest BCUT2D eigenvalue weighted by Crippen LogP contribution is 2.13. The molecule has 0 N–H and O–H groups in total. The quantitative estimate of drug-likeness (QED) is 0.218. The van der Waals surface area contributed by atoms with Gasteiger partial charge in [0.1, 0.15) is 5.75 Å². The van der Waals surface area contributed by atoms with E-state index in [9.17, 15) is 0 Å². The first-order chi connectivity index (χ1) is 14.8. The van der Waals surface area contributed by atoms with E-state index in [-0.39, 0.29) is 0 Å². The van der Waals surface area contributed by atoms with Crippen LogP contribution in [0.3, 0.4) is 0 Å². The third-order valence-electron chi connectivity index (χ3n) is 5.30. The minimum absolute atomic E-state index is 0.687. The first kappa shape index (κ1) is 23.9. The van der Waals surface area contributed by atoms with E-state index in [1.807, 2.05) is 18.3 Å². The summed E-state index contributed by atoms with van der Waals surface area (Å²) in [5.41, 5.74) is 3.70. The van der Waals surface area contributed by atoms with Gasteiger partial charge in [-0.1, -0.05) is 95.2 Å². The number of benzene rings is 2. The Morgan fingerprint density at radius 3 is 2.03 bits per heavy atom. The molecule has 0 unspecified atom stereocenters. The van der Waals surface area contributed by atoms with E-state index < -0.39 is 0 Å². The zero-order valence-electron chi connectivity index (χ0n) is 19.0. The van der Waals surface area contributed by atoms with Crippen molar-refractivity contribution in [2.45, 2.75) is 71.6 Å². The van der Waals surface area contributed by atoms with Crippen molar-refractivity contribution in [1.82, 2.24) is 0 Å². The van der Waals surface area contributed by atoms with Crippen molar-refractivity contribution >= 4 is 12.3 Å². The van der Waals surface area contributed by atoms with Gasteiger partial charge in [0, 0.05) is 6.21 Å². The molecule has 0 bridgehead atoms. The monoisotopic (exact) mass is 405 g/mol. The predicted molar refractivity (Wildman–Crippen MR) is 132 cm³/mol. The molecule has 162 valence electrons. The maximum Gasteiger partial charge on any atom is 0.119 e. The van der Waals surface area contributed by atoms with Gasteiger partial charge < -0.3 is 4.74 Å². The topological polar surface area (TPSA) is 21.6 Å². The van der Waals surface area contributed by atoms with E-state index >= 15 is 0 Å². The summed E-state index contributed by atoms with van der Waals surface area (Å²) in [5, 5.41) is 0. The van der Waals surface area contributed by atoms with Crippen LogP contribution in [-0.2, 0) is 6.42 Å². The van der Waals surface area contributed by atoms with E-state index in [2.05, 4.69) is 67.4 Å². The first-order valence-corrected chi connectivity index (χ1v) is 11.8. The Kier molecular flexibility index (Phi) is 12.3. The summed E-state index contributed by atoms with van der Waals surface area (Å²) in [4.78, 5) is 4.49. The van der Waals surface area contributed by atoms with Crippen molar-refractivity contribution in [2.24, 2.45) is 4.99 Å². The molecule has 0 aliphatic rings. The molecule has 0 saturated heterocycles. The van der Waals surface area contributed by atoms with Crippen molar-refractivity contribution in [1.29, 1.82) is 0 Å². The zero-order chi connectivity index (χ0) is 21.3. The van der Waals surface area contributed by atoms with Crippen LogP contribution in [0.4, 0.5) is 0 Å². The average Bonchev–Trinajstić information content (AvgIpc) is 2.79. The number of nitrogens with zero attached hydrogens (tertiary/aromatic N) is 1. The third-order valence-corrected chi connectivity index (χ3v) is 5.30. The lowest BCUT2D eigenvalue weighted by molar-refractivity contribution is 0.304. The maximum atomic E-state index is 5.86. The van der Waals surface area contributed by atoms with Gasteiger partial charge in [-0.05, 0) is 53.8 Å². The second kappa shape index (κ2) is 15.5. The van der Waals surface area contributed by atoms with E-state index in [1.54, 1.807) is 0 Å². The summed E-state index contributed by atoms with van der Waals surface area (Å²) in [7, 11) is 0. The largest absolute Gasteiger partial charge is 0.494 e. The van der Waals surface area contributed by atoms with Crippen LogP contribution in [0.15, 0.2) is 59.6 Å². The molecule has 0 atom stereocenters. The number of aliphatic imine (C=N–C) groups is 1. The molecule has 0 radical (unpaired) electrons. The highest BCUT2D eigenvalue weighted by Gasteiger charge is 1.96. The first-order valence-electron chi connectivity index (χ1n) is 11.8. The summed E-state index contributed by atoms with van der Waals surface area (Å²) >= 11 is 0. The molecule has 2 nitrogen and oxygen atoms in total. The van der Waals surface area contributed by atoms with Crippen LogP contribution in [0.25, 0.3) is 6.08 Å². The molecule has 0 aliphatic heterocycles. The van der Waals surface area contributed by atoms with E-state index in [0.29, 0.717) is 6.54 Å². The number of rotatable bonds is 15. The Morgan fingerprint density at radius 2 is 1.37 bits per heavy atom. The van der Waals surface area contributed by atoms with E-state index in [0.717, 1.165) is 30.8 Å². The number of ether oxygens (including phenoxy) is 1. The van der Waals surface area contributed by atoms with Gasteiger partial charge in [0.25, 0.3) is 0 Å². The molecule has 2 rings (SSSR count). The van der Waals surface area contributed by atoms with Gasteiger partial charge in [-0.25, -0.2) is 0 Å². The SMILES string of the molecule is CCCCCCCCCCOc1ccc(C=NC/C=C/c2ccc(CC)cc2)cc1. The van der Waals surface area contributed by atoms with Crippen LogP contribution in [0, 0.1) is 0 Å². The molecule has 30 heavy (non-hydrogen) atoms. The molecule has 0 amide bonds. The number of hydrogen-bond donors (Lipinski definition) is 0. The van der Waals surface area contributed by atoms with Gasteiger partial charge in [0.2, 0.25) is 0 Å². The Morgan fingerprint density at radius 1 is 0.733 bits per heavy atom. The summed E-state index contributed by atoms with van der Waals surface area (Å²) in [6.07, 6.45) is 17.8. The van der Waals surface area contributed by atoms with Crippen molar-refractivity contribution < 1.29 is 4.74 Å². The molecular weight excluding hydrogens is 366 g/mol. The minimum atomic E-state index is 0.687. The summed E-state index contributed by atoms with van der Waals surface area (Å²) in [6.45, 7) is 5.94. The molecule has 0 saturated carbocycles. The number of hydrogen-bond acceptors (Lipinski definition) is 2. The Hall–Kier alpha value is -2.35. The minimum Gasteiger partial charge on any atom is -0.494 e. The summed E-state index contributed by atoms with van der Waals surface area (Å²) < 4.78 is 5.86. The van der Waals surface area contributed by atoms with Crippen molar-refractivity contribution in [2.75, 3.05) is 13.2 Å². The second-order valence-electron chi connectivity index (χ2n) is 7.88. The molecule has 0 spiro atoms. The van der Waals surface area contributed by atoms with Crippen molar-refractivity contribution in [3.05, 3.63) is 71.3 Å². The van der Waals surface area contributed by atoms with Gasteiger partial charge in [-0.3, -0.25) is 4.99 Å². The molecule has 2 aromatic rings. The zero-order valence-corrected chi connectivity index (χ0v) is 19.0. The molecule has 0 heterocycles. The normalized spacial score (nSPS) is 11.5. The smallest absolute Gasteiger partial charge is 0.119 e. The van der Waals surface area contributed by atoms with E-state index in [4.69, 9.17) is 4.74 Å². The Labute approximate surface area is 184 Å². The van der Waals surface area contributed by atoms with Gasteiger partial charge in [0.05, 0.1) is 13.2 Å². The Balaban J connectivity index is 1.59. The fraction of sp³-hybridized carbons (Fsp3) is 0.464. The fourth-order valence-corrected chi connectivity index (χ4v) is 3.35. The van der Waals surface area contributed by atoms with Gasteiger partial charge >= 0.3 is 0 Å². The van der Waals surface area contributed by atoms with Crippen LogP contribution in [0.2, 0.25) is 0 Å². The fourth-order valence-electron chi connectivity index (χ4n) is 3.35. The predicted octanol–water partition coefficient (Wildman–Crippen LogP) is 7.90. The Bertz CT molecular complexity index is 728. The highest BCUT2D eigenvalue weighted by molar-refractivity contribution is 5.79. The van der Waals surface area contributed by atoms with Crippen molar-refractivity contribution in [3.8, 4) is 5.75 Å².